The van der Waals surface area contributed by atoms with Gasteiger partial charge in [-0.1, -0.05) is 24.3 Å². The maximum absolute atomic E-state index is 13.6. The van der Waals surface area contributed by atoms with Crippen LogP contribution < -0.4 is 5.32 Å². The fourth-order valence-electron chi connectivity index (χ4n) is 4.26. The summed E-state index contributed by atoms with van der Waals surface area (Å²) < 4.78 is 10.2. The fourth-order valence-corrected chi connectivity index (χ4v) is 6.20. The van der Waals surface area contributed by atoms with Crippen LogP contribution in [0.2, 0.25) is 0 Å². The molecule has 10 heteroatoms. The smallest absolute Gasteiger partial charge is 0.410 e. The number of amides is 2. The number of fused-ring (bicyclic) bond motifs is 2. The second kappa shape index (κ2) is 10.1. The molecule has 0 saturated heterocycles. The van der Waals surface area contributed by atoms with Crippen molar-refractivity contribution in [3.8, 4) is 10.6 Å². The highest BCUT2D eigenvalue weighted by Gasteiger charge is 2.31. The molecular formula is C26H23N3O5S2. The van der Waals surface area contributed by atoms with E-state index in [2.05, 4.69) is 5.32 Å². The van der Waals surface area contributed by atoms with Crippen LogP contribution in [0.1, 0.15) is 38.1 Å². The van der Waals surface area contributed by atoms with Crippen LogP contribution in [0, 0.1) is 0 Å². The first-order valence-electron chi connectivity index (χ1n) is 11.4. The lowest BCUT2D eigenvalue weighted by Crippen LogP contribution is -2.36. The normalized spacial score (nSPS) is 12.8. The van der Waals surface area contributed by atoms with Crippen molar-refractivity contribution in [1.82, 2.24) is 9.88 Å². The molecule has 8 nitrogen and oxygen atoms in total. The van der Waals surface area contributed by atoms with Crippen molar-refractivity contribution in [2.24, 2.45) is 0 Å². The third-order valence-corrected chi connectivity index (χ3v) is 7.96. The largest absolute Gasteiger partial charge is 0.465 e. The zero-order valence-electron chi connectivity index (χ0n) is 19.7. The Balaban J connectivity index is 1.53. The average molecular weight is 522 g/mol. The Morgan fingerprint density at radius 1 is 1.17 bits per heavy atom. The number of hydrogen-bond acceptors (Lipinski definition) is 8. The third kappa shape index (κ3) is 4.45. The number of benzene rings is 1. The number of carbonyl (C=O) groups is 3. The SMILES string of the molecule is CCOC(=O)N1CCc2c(sc(NC(=O)c3cc(-c4cccs4)nc4ccccc34)c2C(=O)OC)C1. The molecule has 0 radical (unpaired) electrons. The van der Waals surface area contributed by atoms with E-state index in [4.69, 9.17) is 14.5 Å². The van der Waals surface area contributed by atoms with Gasteiger partial charge in [0, 0.05) is 16.8 Å². The van der Waals surface area contributed by atoms with Gasteiger partial charge in [-0.05, 0) is 42.5 Å². The summed E-state index contributed by atoms with van der Waals surface area (Å²) in [6.07, 6.45) is 0.0668. The van der Waals surface area contributed by atoms with E-state index >= 15 is 0 Å². The van der Waals surface area contributed by atoms with Crippen molar-refractivity contribution < 1.29 is 23.9 Å². The number of hydrogen-bond donors (Lipinski definition) is 1. The van der Waals surface area contributed by atoms with Gasteiger partial charge in [0.05, 0.1) is 47.5 Å². The van der Waals surface area contributed by atoms with E-state index in [-0.39, 0.29) is 12.5 Å². The highest BCUT2D eigenvalue weighted by atomic mass is 32.1. The Bertz CT molecular complexity index is 1460. The van der Waals surface area contributed by atoms with Gasteiger partial charge in [0.25, 0.3) is 5.91 Å². The van der Waals surface area contributed by atoms with Crippen LogP contribution in [0.4, 0.5) is 9.80 Å². The van der Waals surface area contributed by atoms with Crippen LogP contribution >= 0.6 is 22.7 Å². The lowest BCUT2D eigenvalue weighted by atomic mass is 10.0. The number of rotatable bonds is 5. The van der Waals surface area contributed by atoms with E-state index in [0.29, 0.717) is 52.2 Å². The molecule has 0 atom stereocenters. The summed E-state index contributed by atoms with van der Waals surface area (Å²) in [6.45, 7) is 2.77. The second-order valence-corrected chi connectivity index (χ2v) is 10.1. The number of ether oxygens (including phenoxy) is 2. The zero-order chi connectivity index (χ0) is 25.2. The van der Waals surface area contributed by atoms with Crippen molar-refractivity contribution in [3.63, 3.8) is 0 Å². The molecule has 4 heterocycles. The van der Waals surface area contributed by atoms with Crippen LogP contribution in [0.25, 0.3) is 21.5 Å². The third-order valence-electron chi connectivity index (χ3n) is 5.93. The van der Waals surface area contributed by atoms with Gasteiger partial charge < -0.3 is 19.7 Å². The summed E-state index contributed by atoms with van der Waals surface area (Å²) in [5, 5.41) is 6.03. The molecule has 5 rings (SSSR count). The Morgan fingerprint density at radius 2 is 2.00 bits per heavy atom. The van der Waals surface area contributed by atoms with Gasteiger partial charge >= 0.3 is 12.1 Å². The molecular weight excluding hydrogens is 498 g/mol. The summed E-state index contributed by atoms with van der Waals surface area (Å²) in [5.74, 6) is -0.872. The molecule has 0 fully saturated rings. The number of nitrogens with zero attached hydrogens (tertiary/aromatic N) is 2. The topological polar surface area (TPSA) is 97.8 Å². The lowest BCUT2D eigenvalue weighted by molar-refractivity contribution is 0.0600. The molecule has 0 unspecified atom stereocenters. The van der Waals surface area contributed by atoms with E-state index in [1.54, 1.807) is 29.2 Å². The minimum atomic E-state index is -0.522. The van der Waals surface area contributed by atoms with Gasteiger partial charge in [-0.25, -0.2) is 14.6 Å². The van der Waals surface area contributed by atoms with E-state index in [0.717, 1.165) is 15.3 Å². The number of aromatic nitrogens is 1. The minimum Gasteiger partial charge on any atom is -0.465 e. The Morgan fingerprint density at radius 3 is 2.75 bits per heavy atom. The number of thiophene rings is 2. The number of esters is 1. The predicted molar refractivity (Wildman–Crippen MR) is 140 cm³/mol. The molecule has 0 bridgehead atoms. The molecule has 0 aliphatic carbocycles. The molecule has 184 valence electrons. The number of methoxy groups -OCH3 is 1. The molecule has 2 amide bonds. The van der Waals surface area contributed by atoms with Crippen molar-refractivity contribution in [1.29, 1.82) is 0 Å². The number of carbonyl (C=O) groups excluding carboxylic acids is 3. The summed E-state index contributed by atoms with van der Waals surface area (Å²) in [7, 11) is 1.31. The van der Waals surface area contributed by atoms with Crippen LogP contribution in [0.3, 0.4) is 0 Å². The van der Waals surface area contributed by atoms with Gasteiger partial charge in [-0.2, -0.15) is 0 Å². The van der Waals surface area contributed by atoms with Gasteiger partial charge in [-0.15, -0.1) is 22.7 Å². The monoisotopic (exact) mass is 521 g/mol. The zero-order valence-corrected chi connectivity index (χ0v) is 21.3. The number of pyridine rings is 1. The molecule has 0 saturated carbocycles. The molecule has 1 N–H and O–H groups in total. The van der Waals surface area contributed by atoms with Crippen molar-refractivity contribution >= 4 is 56.5 Å². The Kier molecular flexibility index (Phi) is 6.71. The van der Waals surface area contributed by atoms with E-state index < -0.39 is 12.1 Å². The molecule has 36 heavy (non-hydrogen) atoms. The maximum atomic E-state index is 13.6. The van der Waals surface area contributed by atoms with Crippen molar-refractivity contribution in [2.75, 3.05) is 25.6 Å². The first-order chi connectivity index (χ1) is 17.5. The van der Waals surface area contributed by atoms with Gasteiger partial charge in [0.1, 0.15) is 5.00 Å². The van der Waals surface area contributed by atoms with E-state index in [1.807, 2.05) is 41.8 Å². The number of para-hydroxylation sites is 1. The summed E-state index contributed by atoms with van der Waals surface area (Å²) >= 11 is 2.83. The molecule has 4 aromatic rings. The highest BCUT2D eigenvalue weighted by Crippen LogP contribution is 2.38. The molecule has 3 aromatic heterocycles. The van der Waals surface area contributed by atoms with Gasteiger partial charge in [-0.3, -0.25) is 4.79 Å². The van der Waals surface area contributed by atoms with Crippen LogP contribution in [-0.4, -0.2) is 48.1 Å². The maximum Gasteiger partial charge on any atom is 0.410 e. The van der Waals surface area contributed by atoms with Crippen LogP contribution in [0.15, 0.2) is 47.8 Å². The Labute approximate surface area is 215 Å². The lowest BCUT2D eigenvalue weighted by Gasteiger charge is -2.26. The summed E-state index contributed by atoms with van der Waals surface area (Å²) in [6, 6.07) is 13.1. The fraction of sp³-hybridized carbons (Fsp3) is 0.231. The van der Waals surface area contributed by atoms with Crippen molar-refractivity contribution in [3.05, 3.63) is 69.4 Å². The van der Waals surface area contributed by atoms with Gasteiger partial charge in [0.15, 0.2) is 0 Å². The molecule has 0 spiro atoms. The second-order valence-electron chi connectivity index (χ2n) is 8.07. The standard InChI is InChI=1S/C26H23N3O5S2/c1-3-34-26(32)29-11-10-16-21(14-29)36-24(22(16)25(31)33-2)28-23(30)17-13-19(20-9-6-12-35-20)27-18-8-5-4-7-15(17)18/h4-9,12-13H,3,10-11,14H2,1-2H3,(H,28,30). The first kappa shape index (κ1) is 24.0. The molecule has 1 aromatic carbocycles. The summed E-state index contributed by atoms with van der Waals surface area (Å²) in [5.41, 5.74) is 3.00. The van der Waals surface area contributed by atoms with Crippen LogP contribution in [-0.2, 0) is 22.4 Å². The Hall–Kier alpha value is -3.76. The minimum absolute atomic E-state index is 0.286. The predicted octanol–water partition coefficient (Wildman–Crippen LogP) is 5.58. The van der Waals surface area contributed by atoms with E-state index in [1.165, 1.54) is 18.4 Å². The average Bonchev–Trinajstić information content (AvgIpc) is 3.55. The molecule has 1 aliphatic rings. The quantitative estimate of drug-likeness (QED) is 0.345. The van der Waals surface area contributed by atoms with E-state index in [9.17, 15) is 14.4 Å². The number of anilines is 1. The highest BCUT2D eigenvalue weighted by molar-refractivity contribution is 7.17. The first-order valence-corrected chi connectivity index (χ1v) is 13.1. The summed E-state index contributed by atoms with van der Waals surface area (Å²) in [4.78, 5) is 46.7. The molecule has 1 aliphatic heterocycles. The van der Waals surface area contributed by atoms with Crippen LogP contribution in [0.5, 0.6) is 0 Å². The van der Waals surface area contributed by atoms with Gasteiger partial charge in [0.2, 0.25) is 0 Å². The van der Waals surface area contributed by atoms with Crippen molar-refractivity contribution in [2.45, 2.75) is 19.9 Å². The number of nitrogens with one attached hydrogen (secondary N) is 1.